The van der Waals surface area contributed by atoms with Gasteiger partial charge in [-0.25, -0.2) is 0 Å². The maximum absolute atomic E-state index is 13.1. The van der Waals surface area contributed by atoms with Crippen LogP contribution in [-0.4, -0.2) is 30.2 Å². The van der Waals surface area contributed by atoms with Crippen molar-refractivity contribution in [1.29, 1.82) is 0 Å². The van der Waals surface area contributed by atoms with Gasteiger partial charge in [-0.1, -0.05) is 66.7 Å². The highest BCUT2D eigenvalue weighted by Crippen LogP contribution is 2.51. The molecule has 1 fully saturated rings. The van der Waals surface area contributed by atoms with Crippen molar-refractivity contribution in [2.75, 3.05) is 0 Å². The largest absolute Gasteiger partial charge is 0.518 e. The molecule has 2 radical (unpaired) electrons. The molecule has 3 unspecified atom stereocenters. The summed E-state index contributed by atoms with van der Waals surface area (Å²) in [5.41, 5.74) is 1.71. The molecule has 0 spiro atoms. The zero-order valence-electron chi connectivity index (χ0n) is 18.3. The molecular weight excluding hydrogens is 356 g/mol. The SMILES string of the molecule is CCC(C)[Si](OC(=O)C(C)C[Si]OC(C)C)(C(C)CC)C1CCCCC1. The van der Waals surface area contributed by atoms with E-state index in [9.17, 15) is 4.79 Å². The van der Waals surface area contributed by atoms with Crippen LogP contribution < -0.4 is 0 Å². The number of hydrogen-bond acceptors (Lipinski definition) is 3. The molecular formula is C21H42O3Si2. The number of carbonyl (C=O) groups excluding carboxylic acids is 1. The molecule has 0 aliphatic heterocycles. The standard InChI is InChI=1S/C21H42O3Si2/c1-8-18(6)26(19(7)9-2,20-13-11-10-12-14-20)24-21(22)17(5)15-25-23-16(3)4/h16-20H,8-15H2,1-7H3. The second kappa shape index (κ2) is 11.6. The zero-order valence-corrected chi connectivity index (χ0v) is 20.3. The molecule has 152 valence electrons. The van der Waals surface area contributed by atoms with E-state index in [0.717, 1.165) is 18.9 Å². The van der Waals surface area contributed by atoms with Gasteiger partial charge in [0.25, 0.3) is 14.3 Å². The van der Waals surface area contributed by atoms with Crippen LogP contribution >= 0.6 is 0 Å². The molecule has 0 aromatic heterocycles. The summed E-state index contributed by atoms with van der Waals surface area (Å²) >= 11 is 0. The lowest BCUT2D eigenvalue weighted by Gasteiger charge is -2.47. The number of hydrogen-bond donors (Lipinski definition) is 0. The Hall–Kier alpha value is -0.136. The topological polar surface area (TPSA) is 35.5 Å². The van der Waals surface area contributed by atoms with E-state index in [1.54, 1.807) is 0 Å². The van der Waals surface area contributed by atoms with Crippen molar-refractivity contribution in [2.45, 2.75) is 122 Å². The Morgan fingerprint density at radius 2 is 1.54 bits per heavy atom. The van der Waals surface area contributed by atoms with Crippen molar-refractivity contribution < 1.29 is 13.6 Å². The van der Waals surface area contributed by atoms with Crippen LogP contribution in [0.5, 0.6) is 0 Å². The van der Waals surface area contributed by atoms with Gasteiger partial charge in [0.05, 0.1) is 5.92 Å². The monoisotopic (exact) mass is 398 g/mol. The van der Waals surface area contributed by atoms with E-state index < -0.39 is 8.32 Å². The minimum atomic E-state index is -2.18. The summed E-state index contributed by atoms with van der Waals surface area (Å²) in [6, 6.07) is 0.785. The maximum atomic E-state index is 13.1. The Labute approximate surface area is 166 Å². The van der Waals surface area contributed by atoms with Crippen molar-refractivity contribution in [2.24, 2.45) is 5.92 Å². The molecule has 1 aliphatic rings. The summed E-state index contributed by atoms with van der Waals surface area (Å²) in [7, 11) is -1.79. The van der Waals surface area contributed by atoms with Crippen LogP contribution in [0.1, 0.15) is 93.4 Å². The van der Waals surface area contributed by atoms with Crippen molar-refractivity contribution in [3.05, 3.63) is 0 Å². The van der Waals surface area contributed by atoms with Crippen LogP contribution in [0.15, 0.2) is 0 Å². The number of carbonyl (C=O) groups is 1. The van der Waals surface area contributed by atoms with E-state index in [0.29, 0.717) is 26.4 Å². The third kappa shape index (κ3) is 6.20. The van der Waals surface area contributed by atoms with Crippen LogP contribution in [0.25, 0.3) is 0 Å². The molecule has 0 N–H and O–H groups in total. The van der Waals surface area contributed by atoms with E-state index in [-0.39, 0.29) is 18.0 Å². The maximum Gasteiger partial charge on any atom is 0.295 e. The summed E-state index contributed by atoms with van der Waals surface area (Å²) in [5.74, 6) is -0.0154. The van der Waals surface area contributed by atoms with Gasteiger partial charge in [-0.15, -0.1) is 0 Å². The van der Waals surface area contributed by atoms with Gasteiger partial charge in [-0.05, 0) is 49.4 Å². The van der Waals surface area contributed by atoms with Gasteiger partial charge in [0.2, 0.25) is 9.76 Å². The summed E-state index contributed by atoms with van der Waals surface area (Å²) in [4.78, 5) is 13.1. The second-order valence-electron chi connectivity index (χ2n) is 8.64. The van der Waals surface area contributed by atoms with Gasteiger partial charge in [0.1, 0.15) is 0 Å². The van der Waals surface area contributed by atoms with Gasteiger partial charge in [-0.2, -0.15) is 0 Å². The Kier molecular flexibility index (Phi) is 10.7. The molecule has 0 saturated heterocycles. The molecule has 0 amide bonds. The molecule has 1 rings (SSSR count). The summed E-state index contributed by atoms with van der Waals surface area (Å²) < 4.78 is 12.3. The molecule has 26 heavy (non-hydrogen) atoms. The average Bonchev–Trinajstić information content (AvgIpc) is 2.64. The Morgan fingerprint density at radius 3 is 2.00 bits per heavy atom. The van der Waals surface area contributed by atoms with Crippen molar-refractivity contribution in [3.63, 3.8) is 0 Å². The van der Waals surface area contributed by atoms with Crippen molar-refractivity contribution in [3.8, 4) is 0 Å². The van der Waals surface area contributed by atoms with E-state index >= 15 is 0 Å². The third-order valence-corrected chi connectivity index (χ3v) is 14.1. The fourth-order valence-corrected chi connectivity index (χ4v) is 11.6. The first kappa shape index (κ1) is 23.9. The van der Waals surface area contributed by atoms with Gasteiger partial charge in [0, 0.05) is 6.10 Å². The highest BCUT2D eigenvalue weighted by molar-refractivity contribution is 6.79. The Balaban J connectivity index is 2.97. The fraction of sp³-hybridized carbons (Fsp3) is 0.952. The molecule has 1 saturated carbocycles. The van der Waals surface area contributed by atoms with Crippen LogP contribution in [0, 0.1) is 5.92 Å². The molecule has 3 atom stereocenters. The lowest BCUT2D eigenvalue weighted by molar-refractivity contribution is -0.139. The minimum absolute atomic E-state index is 0.0442. The summed E-state index contributed by atoms with van der Waals surface area (Å²) in [5, 5.41) is 0. The highest BCUT2D eigenvalue weighted by atomic mass is 28.4. The van der Waals surface area contributed by atoms with Crippen LogP contribution in [0.4, 0.5) is 0 Å². The fourth-order valence-electron chi connectivity index (χ4n) is 4.46. The predicted molar refractivity (Wildman–Crippen MR) is 114 cm³/mol. The molecule has 0 bridgehead atoms. The van der Waals surface area contributed by atoms with E-state index in [1.807, 2.05) is 20.8 Å². The first-order valence-corrected chi connectivity index (χ1v) is 14.2. The molecule has 0 aromatic rings. The van der Waals surface area contributed by atoms with Crippen molar-refractivity contribution in [1.82, 2.24) is 0 Å². The van der Waals surface area contributed by atoms with Crippen molar-refractivity contribution >= 4 is 24.0 Å². The molecule has 3 nitrogen and oxygen atoms in total. The zero-order chi connectivity index (χ0) is 19.7. The first-order valence-electron chi connectivity index (χ1n) is 10.9. The first-order chi connectivity index (χ1) is 12.3. The predicted octanol–water partition coefficient (Wildman–Crippen LogP) is 6.51. The van der Waals surface area contributed by atoms with E-state index in [1.165, 1.54) is 32.1 Å². The lowest BCUT2D eigenvalue weighted by Crippen LogP contribution is -2.53. The van der Waals surface area contributed by atoms with Crippen LogP contribution in [0.3, 0.4) is 0 Å². The summed E-state index contributed by atoms with van der Waals surface area (Å²) in [6.07, 6.45) is 8.96. The molecule has 0 aromatic carbocycles. The minimum Gasteiger partial charge on any atom is -0.518 e. The third-order valence-electron chi connectivity index (χ3n) is 6.40. The number of rotatable bonds is 11. The van der Waals surface area contributed by atoms with Crippen LogP contribution in [-0.2, 0) is 13.6 Å². The smallest absolute Gasteiger partial charge is 0.295 e. The van der Waals surface area contributed by atoms with Gasteiger partial charge in [-0.3, -0.25) is 4.79 Å². The Morgan fingerprint density at radius 1 is 1.00 bits per heavy atom. The normalized spacial score (nSPS) is 21.8. The Bertz CT molecular complexity index is 398. The molecule has 1 aliphatic carbocycles. The lowest BCUT2D eigenvalue weighted by atomic mass is 10.0. The average molecular weight is 399 g/mol. The quantitative estimate of drug-likeness (QED) is 0.372. The van der Waals surface area contributed by atoms with Gasteiger partial charge < -0.3 is 8.85 Å². The van der Waals surface area contributed by atoms with Crippen LogP contribution in [0.2, 0.25) is 22.7 Å². The van der Waals surface area contributed by atoms with Gasteiger partial charge >= 0.3 is 0 Å². The van der Waals surface area contributed by atoms with E-state index in [4.69, 9.17) is 8.85 Å². The van der Waals surface area contributed by atoms with Gasteiger partial charge in [0.15, 0.2) is 0 Å². The highest BCUT2D eigenvalue weighted by Gasteiger charge is 2.53. The van der Waals surface area contributed by atoms with E-state index in [2.05, 4.69) is 27.7 Å². The summed E-state index contributed by atoms with van der Waals surface area (Å²) in [6.45, 7) is 15.4. The molecule has 5 heteroatoms. The second-order valence-corrected chi connectivity index (χ2v) is 14.3. The molecule has 0 heterocycles.